The van der Waals surface area contributed by atoms with Gasteiger partial charge in [-0.3, -0.25) is 0 Å². The van der Waals surface area contributed by atoms with E-state index in [1.165, 1.54) is 0 Å². The monoisotopic (exact) mass is 174 g/mol. The molecule has 1 heterocycles. The van der Waals surface area contributed by atoms with Crippen LogP contribution in [0.25, 0.3) is 0 Å². The highest BCUT2D eigenvalue weighted by Crippen LogP contribution is 2.14. The van der Waals surface area contributed by atoms with Crippen molar-refractivity contribution in [1.82, 2.24) is 4.98 Å². The minimum absolute atomic E-state index is 0.225. The van der Waals surface area contributed by atoms with Gasteiger partial charge in [0.1, 0.15) is 11.9 Å². The predicted molar refractivity (Wildman–Crippen MR) is 50.5 cm³/mol. The van der Waals surface area contributed by atoms with Crippen molar-refractivity contribution in [2.45, 2.75) is 6.04 Å². The van der Waals surface area contributed by atoms with Gasteiger partial charge in [-0.1, -0.05) is 6.08 Å². The van der Waals surface area contributed by atoms with E-state index in [-0.39, 0.29) is 11.9 Å². The summed E-state index contributed by atoms with van der Waals surface area (Å²) in [4.78, 5) is 3.85. The van der Waals surface area contributed by atoms with Gasteiger partial charge >= 0.3 is 0 Å². The fourth-order valence-corrected chi connectivity index (χ4v) is 0.899. The SMILES string of the molecule is C=C[C@H](N)c1cnc(N)c(C#N)c1. The first-order chi connectivity index (χ1) is 6.19. The largest absolute Gasteiger partial charge is 0.383 e. The molecule has 0 saturated heterocycles. The third kappa shape index (κ3) is 1.83. The molecule has 1 atom stereocenters. The van der Waals surface area contributed by atoms with Crippen molar-refractivity contribution in [3.05, 3.63) is 36.0 Å². The standard InChI is InChI=1S/C9H10N4/c1-2-8(11)7-3-6(4-10)9(12)13-5-7/h2-3,5,8H,1,11H2,(H2,12,13)/t8-/m0/s1. The summed E-state index contributed by atoms with van der Waals surface area (Å²) < 4.78 is 0. The van der Waals surface area contributed by atoms with Gasteiger partial charge in [0, 0.05) is 12.2 Å². The minimum Gasteiger partial charge on any atom is -0.383 e. The quantitative estimate of drug-likeness (QED) is 0.646. The molecule has 1 aromatic heterocycles. The lowest BCUT2D eigenvalue weighted by atomic mass is 10.1. The molecule has 1 aromatic rings. The van der Waals surface area contributed by atoms with Crippen LogP contribution in [0, 0.1) is 11.3 Å². The molecule has 0 radical (unpaired) electrons. The zero-order chi connectivity index (χ0) is 9.84. The van der Waals surface area contributed by atoms with Crippen LogP contribution >= 0.6 is 0 Å². The number of nitrogens with zero attached hydrogens (tertiary/aromatic N) is 2. The Balaban J connectivity index is 3.15. The maximum absolute atomic E-state index is 8.66. The summed E-state index contributed by atoms with van der Waals surface area (Å²) in [5.41, 5.74) is 12.2. The van der Waals surface area contributed by atoms with Gasteiger partial charge in [-0.15, -0.1) is 6.58 Å². The van der Waals surface area contributed by atoms with E-state index in [9.17, 15) is 0 Å². The Kier molecular flexibility index (Phi) is 2.62. The third-order valence-corrected chi connectivity index (χ3v) is 1.70. The molecule has 0 amide bonds. The normalized spacial score (nSPS) is 11.7. The fourth-order valence-electron chi connectivity index (χ4n) is 0.899. The van der Waals surface area contributed by atoms with Crippen molar-refractivity contribution >= 4 is 5.82 Å². The maximum Gasteiger partial charge on any atom is 0.141 e. The molecule has 0 spiro atoms. The molecular weight excluding hydrogens is 164 g/mol. The highest BCUT2D eigenvalue weighted by Gasteiger charge is 2.05. The highest BCUT2D eigenvalue weighted by atomic mass is 14.8. The number of pyridine rings is 1. The average Bonchev–Trinajstić information content (AvgIpc) is 2.17. The Bertz CT molecular complexity index is 364. The number of rotatable bonds is 2. The number of hydrogen-bond acceptors (Lipinski definition) is 4. The Hall–Kier alpha value is -1.86. The van der Waals surface area contributed by atoms with E-state index in [1.807, 2.05) is 6.07 Å². The maximum atomic E-state index is 8.66. The summed E-state index contributed by atoms with van der Waals surface area (Å²) in [6, 6.07) is 3.25. The van der Waals surface area contributed by atoms with Crippen molar-refractivity contribution in [3.63, 3.8) is 0 Å². The molecule has 13 heavy (non-hydrogen) atoms. The van der Waals surface area contributed by atoms with Gasteiger partial charge in [0.2, 0.25) is 0 Å². The van der Waals surface area contributed by atoms with Crippen LogP contribution in [0.1, 0.15) is 17.2 Å². The van der Waals surface area contributed by atoms with E-state index in [2.05, 4.69) is 11.6 Å². The zero-order valence-corrected chi connectivity index (χ0v) is 7.07. The van der Waals surface area contributed by atoms with Crippen LogP contribution in [0.3, 0.4) is 0 Å². The molecule has 66 valence electrons. The Morgan fingerprint density at radius 1 is 1.69 bits per heavy atom. The lowest BCUT2D eigenvalue weighted by molar-refractivity contribution is 0.904. The molecular formula is C9H10N4. The molecule has 0 unspecified atom stereocenters. The van der Waals surface area contributed by atoms with E-state index in [1.54, 1.807) is 18.3 Å². The second-order valence-electron chi connectivity index (χ2n) is 2.57. The van der Waals surface area contributed by atoms with Crippen molar-refractivity contribution in [2.75, 3.05) is 5.73 Å². The van der Waals surface area contributed by atoms with Crippen LogP contribution in [0.5, 0.6) is 0 Å². The highest BCUT2D eigenvalue weighted by molar-refractivity contribution is 5.49. The fraction of sp³-hybridized carbons (Fsp3) is 0.111. The predicted octanol–water partition coefficient (Wildman–Crippen LogP) is 0.721. The van der Waals surface area contributed by atoms with E-state index < -0.39 is 0 Å². The topological polar surface area (TPSA) is 88.7 Å². The van der Waals surface area contributed by atoms with Gasteiger partial charge < -0.3 is 11.5 Å². The Labute approximate surface area is 76.5 Å². The molecule has 1 rings (SSSR count). The van der Waals surface area contributed by atoms with E-state index in [0.717, 1.165) is 5.56 Å². The first-order valence-corrected chi connectivity index (χ1v) is 3.72. The first kappa shape index (κ1) is 9.23. The second kappa shape index (κ2) is 3.70. The van der Waals surface area contributed by atoms with E-state index in [4.69, 9.17) is 16.7 Å². The number of nitriles is 1. The number of anilines is 1. The number of hydrogen-bond donors (Lipinski definition) is 2. The Morgan fingerprint density at radius 2 is 2.38 bits per heavy atom. The number of nitrogens with two attached hydrogens (primary N) is 2. The van der Waals surface area contributed by atoms with Gasteiger partial charge in [-0.05, 0) is 11.6 Å². The Morgan fingerprint density at radius 3 is 2.92 bits per heavy atom. The summed E-state index contributed by atoms with van der Waals surface area (Å²) in [5.74, 6) is 0.225. The van der Waals surface area contributed by atoms with Crippen molar-refractivity contribution in [2.24, 2.45) is 5.73 Å². The molecule has 4 heteroatoms. The number of nitrogen functional groups attached to an aromatic ring is 1. The molecule has 0 aliphatic carbocycles. The lowest BCUT2D eigenvalue weighted by Gasteiger charge is -2.06. The van der Waals surface area contributed by atoms with E-state index in [0.29, 0.717) is 5.56 Å². The van der Waals surface area contributed by atoms with Gasteiger partial charge in [0.15, 0.2) is 0 Å². The van der Waals surface area contributed by atoms with Gasteiger partial charge in [-0.2, -0.15) is 5.26 Å². The zero-order valence-electron chi connectivity index (χ0n) is 7.07. The van der Waals surface area contributed by atoms with Gasteiger partial charge in [0.25, 0.3) is 0 Å². The van der Waals surface area contributed by atoms with Crippen LogP contribution in [0.4, 0.5) is 5.82 Å². The minimum atomic E-state index is -0.305. The van der Waals surface area contributed by atoms with Crippen LogP contribution in [0.2, 0.25) is 0 Å². The van der Waals surface area contributed by atoms with Crippen molar-refractivity contribution in [1.29, 1.82) is 5.26 Å². The summed E-state index contributed by atoms with van der Waals surface area (Å²) in [5, 5.41) is 8.66. The lowest BCUT2D eigenvalue weighted by Crippen LogP contribution is -2.08. The van der Waals surface area contributed by atoms with Gasteiger partial charge in [0.05, 0.1) is 5.56 Å². The molecule has 0 aliphatic rings. The summed E-state index contributed by atoms with van der Waals surface area (Å²) >= 11 is 0. The molecule has 0 fully saturated rings. The van der Waals surface area contributed by atoms with Crippen LogP contribution < -0.4 is 11.5 Å². The van der Waals surface area contributed by atoms with Crippen LogP contribution in [-0.2, 0) is 0 Å². The van der Waals surface area contributed by atoms with E-state index >= 15 is 0 Å². The summed E-state index contributed by atoms with van der Waals surface area (Å²) in [6.07, 6.45) is 3.12. The average molecular weight is 174 g/mol. The number of aromatic nitrogens is 1. The van der Waals surface area contributed by atoms with Crippen LogP contribution in [0.15, 0.2) is 24.9 Å². The third-order valence-electron chi connectivity index (χ3n) is 1.70. The first-order valence-electron chi connectivity index (χ1n) is 3.72. The molecule has 0 saturated carbocycles. The molecule has 4 nitrogen and oxygen atoms in total. The second-order valence-corrected chi connectivity index (χ2v) is 2.57. The molecule has 0 bridgehead atoms. The molecule has 0 aromatic carbocycles. The summed E-state index contributed by atoms with van der Waals surface area (Å²) in [7, 11) is 0. The molecule has 0 aliphatic heterocycles. The smallest absolute Gasteiger partial charge is 0.141 e. The van der Waals surface area contributed by atoms with Crippen molar-refractivity contribution < 1.29 is 0 Å². The van der Waals surface area contributed by atoms with Crippen LogP contribution in [-0.4, -0.2) is 4.98 Å². The molecule has 4 N–H and O–H groups in total. The summed E-state index contributed by atoms with van der Waals surface area (Å²) in [6.45, 7) is 3.55. The van der Waals surface area contributed by atoms with Gasteiger partial charge in [-0.25, -0.2) is 4.98 Å². The van der Waals surface area contributed by atoms with Crippen molar-refractivity contribution in [3.8, 4) is 6.07 Å².